The number of rotatable bonds is 7. The van der Waals surface area contributed by atoms with Gasteiger partial charge in [0.25, 0.3) is 0 Å². The molecule has 0 radical (unpaired) electrons. The number of aromatic nitrogens is 2. The van der Waals surface area contributed by atoms with Gasteiger partial charge in [0, 0.05) is 16.2 Å². The topological polar surface area (TPSA) is 71.3 Å². The van der Waals surface area contributed by atoms with Crippen LogP contribution in [0, 0.1) is 12.8 Å². The Morgan fingerprint density at radius 1 is 1.27 bits per heavy atom. The van der Waals surface area contributed by atoms with Crippen molar-refractivity contribution >= 4 is 33.8 Å². The molecule has 4 rings (SSSR count). The summed E-state index contributed by atoms with van der Waals surface area (Å²) in [5.41, 5.74) is 0. The fraction of sp³-hybridized carbons (Fsp3) is 0.389. The van der Waals surface area contributed by atoms with Crippen molar-refractivity contribution in [2.45, 2.75) is 39.3 Å². The van der Waals surface area contributed by atoms with E-state index in [0.717, 1.165) is 28.0 Å². The summed E-state index contributed by atoms with van der Waals surface area (Å²) in [6.07, 6.45) is 5.14. The molecule has 3 aromatic heterocycles. The van der Waals surface area contributed by atoms with Gasteiger partial charge in [0.15, 0.2) is 0 Å². The molecular weight excluding hydrogens is 368 g/mol. The third-order valence-corrected chi connectivity index (χ3v) is 6.04. The molecule has 1 N–H and O–H groups in total. The first-order chi connectivity index (χ1) is 12.7. The second-order valence-corrected chi connectivity index (χ2v) is 8.96. The summed E-state index contributed by atoms with van der Waals surface area (Å²) in [5.74, 6) is 1.50. The van der Waals surface area contributed by atoms with Crippen molar-refractivity contribution in [1.29, 1.82) is 0 Å². The van der Waals surface area contributed by atoms with Gasteiger partial charge in [0.1, 0.15) is 10.8 Å². The van der Waals surface area contributed by atoms with Crippen LogP contribution in [-0.4, -0.2) is 21.1 Å². The highest BCUT2D eigenvalue weighted by Crippen LogP contribution is 2.34. The molecule has 0 bridgehead atoms. The zero-order valence-corrected chi connectivity index (χ0v) is 16.1. The quantitative estimate of drug-likeness (QED) is 0.637. The lowest BCUT2D eigenvalue weighted by Crippen LogP contribution is -2.33. The maximum atomic E-state index is 12.8. The first kappa shape index (κ1) is 17.2. The third kappa shape index (κ3) is 4.50. The standard InChI is InChI=1S/C18H20N4O2S2/c1-12-4-7-15(25-12)11-22(10-14-3-2-8-24-14)18(23)19-17-21-20-16(26-17)9-13-5-6-13/h2-4,7-8,13H,5-6,9-11H2,1H3,(H,19,21,23). The molecule has 0 aliphatic heterocycles. The van der Waals surface area contributed by atoms with Gasteiger partial charge in [-0.25, -0.2) is 4.79 Å². The molecule has 0 atom stereocenters. The normalized spacial score (nSPS) is 13.7. The number of anilines is 1. The number of carbonyl (C=O) groups excluding carboxylic acids is 1. The molecule has 3 aromatic rings. The van der Waals surface area contributed by atoms with Gasteiger partial charge < -0.3 is 9.32 Å². The number of urea groups is 1. The molecule has 0 unspecified atom stereocenters. The minimum Gasteiger partial charge on any atom is -0.467 e. The van der Waals surface area contributed by atoms with Crippen molar-refractivity contribution in [3.63, 3.8) is 0 Å². The minimum atomic E-state index is -0.193. The number of carbonyl (C=O) groups is 1. The Morgan fingerprint density at radius 2 is 2.15 bits per heavy atom. The molecule has 0 aromatic carbocycles. The van der Waals surface area contributed by atoms with Crippen molar-refractivity contribution < 1.29 is 9.21 Å². The van der Waals surface area contributed by atoms with Crippen LogP contribution in [0.4, 0.5) is 9.93 Å². The van der Waals surface area contributed by atoms with Gasteiger partial charge in [-0.05, 0) is 49.9 Å². The first-order valence-corrected chi connectivity index (χ1v) is 10.2. The Bertz CT molecular complexity index is 868. The molecule has 1 aliphatic carbocycles. The first-order valence-electron chi connectivity index (χ1n) is 8.62. The molecule has 0 spiro atoms. The fourth-order valence-electron chi connectivity index (χ4n) is 2.67. The van der Waals surface area contributed by atoms with Gasteiger partial charge in [-0.1, -0.05) is 11.3 Å². The number of hydrogen-bond donors (Lipinski definition) is 1. The van der Waals surface area contributed by atoms with Gasteiger partial charge in [0.05, 0.1) is 19.4 Å². The molecule has 6 nitrogen and oxygen atoms in total. The van der Waals surface area contributed by atoms with Gasteiger partial charge in [-0.15, -0.1) is 21.5 Å². The van der Waals surface area contributed by atoms with Crippen LogP contribution in [-0.2, 0) is 19.5 Å². The van der Waals surface area contributed by atoms with Gasteiger partial charge in [-0.2, -0.15) is 0 Å². The summed E-state index contributed by atoms with van der Waals surface area (Å²) >= 11 is 3.16. The lowest BCUT2D eigenvalue weighted by atomic mass is 10.3. The average molecular weight is 389 g/mol. The number of furan rings is 1. The number of thiophene rings is 1. The maximum absolute atomic E-state index is 12.8. The van der Waals surface area contributed by atoms with E-state index in [0.29, 0.717) is 18.2 Å². The van der Waals surface area contributed by atoms with Crippen LogP contribution in [0.3, 0.4) is 0 Å². The van der Waals surface area contributed by atoms with Crippen LogP contribution in [0.1, 0.15) is 33.4 Å². The Kier molecular flexibility index (Phi) is 5.03. The largest absolute Gasteiger partial charge is 0.467 e. The Labute approximate surface area is 159 Å². The van der Waals surface area contributed by atoms with Gasteiger partial charge in [-0.3, -0.25) is 5.32 Å². The average Bonchev–Trinajstić information content (AvgIpc) is 3.00. The molecule has 1 fully saturated rings. The van der Waals surface area contributed by atoms with E-state index in [-0.39, 0.29) is 6.03 Å². The van der Waals surface area contributed by atoms with Crippen molar-refractivity contribution in [2.24, 2.45) is 5.92 Å². The Hall–Kier alpha value is -2.19. The van der Waals surface area contributed by atoms with Crippen molar-refractivity contribution in [3.05, 3.63) is 51.1 Å². The van der Waals surface area contributed by atoms with Crippen LogP contribution in [0.15, 0.2) is 34.9 Å². The highest BCUT2D eigenvalue weighted by molar-refractivity contribution is 7.15. The monoisotopic (exact) mass is 388 g/mol. The summed E-state index contributed by atoms with van der Waals surface area (Å²) in [7, 11) is 0. The molecule has 136 valence electrons. The highest BCUT2D eigenvalue weighted by atomic mass is 32.1. The van der Waals surface area contributed by atoms with Gasteiger partial charge in [0.2, 0.25) is 5.13 Å². The third-order valence-electron chi connectivity index (χ3n) is 4.20. The van der Waals surface area contributed by atoms with Crippen molar-refractivity contribution in [2.75, 3.05) is 5.32 Å². The summed E-state index contributed by atoms with van der Waals surface area (Å²) in [5, 5.41) is 12.7. The zero-order valence-electron chi connectivity index (χ0n) is 14.5. The van der Waals surface area contributed by atoms with Crippen molar-refractivity contribution in [3.8, 4) is 0 Å². The summed E-state index contributed by atoms with van der Waals surface area (Å²) in [4.78, 5) is 16.9. The van der Waals surface area contributed by atoms with E-state index in [9.17, 15) is 4.79 Å². The molecule has 1 saturated carbocycles. The van der Waals surface area contributed by atoms with Crippen molar-refractivity contribution in [1.82, 2.24) is 15.1 Å². The van der Waals surface area contributed by atoms with Gasteiger partial charge >= 0.3 is 6.03 Å². The SMILES string of the molecule is Cc1ccc(CN(Cc2ccco2)C(=O)Nc2nnc(CC3CC3)s2)s1. The number of nitrogens with zero attached hydrogens (tertiary/aromatic N) is 3. The summed E-state index contributed by atoms with van der Waals surface area (Å²) in [6.45, 7) is 3.00. The summed E-state index contributed by atoms with van der Waals surface area (Å²) in [6, 6.07) is 7.63. The molecule has 0 saturated heterocycles. The lowest BCUT2D eigenvalue weighted by molar-refractivity contribution is 0.202. The smallest absolute Gasteiger partial charge is 0.324 e. The second kappa shape index (κ2) is 7.59. The second-order valence-electron chi connectivity index (χ2n) is 6.53. The number of hydrogen-bond acceptors (Lipinski definition) is 6. The van der Waals surface area contributed by atoms with E-state index in [1.54, 1.807) is 22.5 Å². The number of nitrogens with one attached hydrogen (secondary N) is 1. The van der Waals surface area contributed by atoms with E-state index in [1.807, 2.05) is 12.1 Å². The van der Waals surface area contributed by atoms with Crippen LogP contribution >= 0.6 is 22.7 Å². The van der Waals surface area contributed by atoms with E-state index < -0.39 is 0 Å². The maximum Gasteiger partial charge on any atom is 0.324 e. The van der Waals surface area contributed by atoms with Crippen LogP contribution in [0.5, 0.6) is 0 Å². The predicted octanol–water partition coefficient (Wildman–Crippen LogP) is 4.69. The molecule has 2 amide bonds. The molecular formula is C18H20N4O2S2. The number of aryl methyl sites for hydroxylation is 1. The Morgan fingerprint density at radius 3 is 2.85 bits per heavy atom. The molecule has 26 heavy (non-hydrogen) atoms. The van der Waals surface area contributed by atoms with E-state index in [4.69, 9.17) is 4.42 Å². The Balaban J connectivity index is 1.44. The zero-order chi connectivity index (χ0) is 17.9. The molecule has 8 heteroatoms. The van der Waals surface area contributed by atoms with Crippen LogP contribution in [0.2, 0.25) is 0 Å². The highest BCUT2D eigenvalue weighted by Gasteiger charge is 2.24. The van der Waals surface area contributed by atoms with E-state index in [2.05, 4.69) is 34.6 Å². The minimum absolute atomic E-state index is 0.193. The lowest BCUT2D eigenvalue weighted by Gasteiger charge is -2.20. The molecule has 3 heterocycles. The van der Waals surface area contributed by atoms with E-state index >= 15 is 0 Å². The summed E-state index contributed by atoms with van der Waals surface area (Å²) < 4.78 is 5.42. The van der Waals surface area contributed by atoms with Crippen LogP contribution in [0.25, 0.3) is 0 Å². The van der Waals surface area contributed by atoms with Crippen LogP contribution < -0.4 is 5.32 Å². The molecule has 1 aliphatic rings. The van der Waals surface area contributed by atoms with E-state index in [1.165, 1.54) is 29.1 Å². The fourth-order valence-corrected chi connectivity index (χ4v) is 4.42. The predicted molar refractivity (Wildman–Crippen MR) is 102 cm³/mol. The number of amides is 2.